The maximum atomic E-state index is 13.7. The number of alkyl halides is 3. The molecule has 5 rings (SSSR count). The van der Waals surface area contributed by atoms with Crippen LogP contribution in [0.15, 0.2) is 43.4 Å². The fourth-order valence-electron chi connectivity index (χ4n) is 3.97. The van der Waals surface area contributed by atoms with E-state index in [-0.39, 0.29) is 17.5 Å². The first kappa shape index (κ1) is 20.1. The molecule has 7 nitrogen and oxygen atoms in total. The van der Waals surface area contributed by atoms with Crippen LogP contribution in [0.5, 0.6) is 0 Å². The Morgan fingerprint density at radius 2 is 1.84 bits per heavy atom. The van der Waals surface area contributed by atoms with Crippen molar-refractivity contribution in [2.24, 2.45) is 11.7 Å². The van der Waals surface area contributed by atoms with Gasteiger partial charge in [0, 0.05) is 46.3 Å². The highest BCUT2D eigenvalue weighted by molar-refractivity contribution is 6.15. The molecule has 0 saturated heterocycles. The SMILES string of the molecule is C=C(N)c1cnc(N[C@H](C2CC2)C(F)(F)F)c2c1[nH]c1cc(-c3cnc(N)nc3)ccc12. The monoisotopic (exact) mass is 439 g/mol. The Kier molecular flexibility index (Phi) is 4.47. The third kappa shape index (κ3) is 3.47. The average Bonchev–Trinajstić information content (AvgIpc) is 3.50. The average molecular weight is 439 g/mol. The Morgan fingerprint density at radius 3 is 2.47 bits per heavy atom. The number of H-pyrrole nitrogens is 1. The van der Waals surface area contributed by atoms with Crippen LogP contribution in [0.1, 0.15) is 18.4 Å². The molecule has 32 heavy (non-hydrogen) atoms. The van der Waals surface area contributed by atoms with E-state index in [0.717, 1.165) is 16.5 Å². The molecule has 0 aliphatic heterocycles. The standard InChI is InChI=1S/C22H20F3N7/c1-10(26)15-9-28-20(32-19(11-2-3-11)22(23,24)25)17-14-5-4-12(6-16(14)31-18(15)17)13-7-29-21(27)30-8-13/h4-9,11,19,31H,1-3,26H2,(H,28,32)(H2,27,29,30)/t19-/m1/s1. The van der Waals surface area contributed by atoms with E-state index in [4.69, 9.17) is 11.5 Å². The maximum Gasteiger partial charge on any atom is 0.408 e. The molecular formula is C22H20F3N7. The lowest BCUT2D eigenvalue weighted by Gasteiger charge is -2.22. The molecule has 0 bridgehead atoms. The summed E-state index contributed by atoms with van der Waals surface area (Å²) in [4.78, 5) is 15.6. The molecule has 3 heterocycles. The molecule has 164 valence electrons. The van der Waals surface area contributed by atoms with Gasteiger partial charge in [-0.05, 0) is 30.4 Å². The second kappa shape index (κ2) is 7.11. The Bertz CT molecular complexity index is 1340. The van der Waals surface area contributed by atoms with Crippen molar-refractivity contribution < 1.29 is 13.2 Å². The second-order valence-electron chi connectivity index (χ2n) is 8.01. The Labute approximate surface area is 180 Å². The number of benzene rings is 1. The normalized spacial score (nSPS) is 15.2. The van der Waals surface area contributed by atoms with Crippen LogP contribution < -0.4 is 16.8 Å². The van der Waals surface area contributed by atoms with Gasteiger partial charge in [-0.15, -0.1) is 0 Å². The van der Waals surface area contributed by atoms with Crippen LogP contribution >= 0.6 is 0 Å². The van der Waals surface area contributed by atoms with Crippen LogP contribution in [0, 0.1) is 5.92 Å². The number of aromatic nitrogens is 4. The number of nitrogens with zero attached hydrogens (tertiary/aromatic N) is 3. The summed E-state index contributed by atoms with van der Waals surface area (Å²) >= 11 is 0. The van der Waals surface area contributed by atoms with Crippen molar-refractivity contribution >= 4 is 39.3 Å². The zero-order valence-electron chi connectivity index (χ0n) is 16.9. The Balaban J connectivity index is 1.68. The van der Waals surface area contributed by atoms with Gasteiger partial charge in [-0.25, -0.2) is 15.0 Å². The number of hydrogen-bond acceptors (Lipinski definition) is 6. The summed E-state index contributed by atoms with van der Waals surface area (Å²) in [6.45, 7) is 3.78. The number of aromatic amines is 1. The first-order chi connectivity index (χ1) is 15.2. The third-order valence-corrected chi connectivity index (χ3v) is 5.72. The fourth-order valence-corrected chi connectivity index (χ4v) is 3.97. The molecule has 1 fully saturated rings. The van der Waals surface area contributed by atoms with Crippen LogP contribution in [0.2, 0.25) is 0 Å². The van der Waals surface area contributed by atoms with Gasteiger partial charge in [0.25, 0.3) is 0 Å². The van der Waals surface area contributed by atoms with Gasteiger partial charge in [0.2, 0.25) is 5.95 Å². The van der Waals surface area contributed by atoms with Crippen LogP contribution in [0.25, 0.3) is 38.6 Å². The van der Waals surface area contributed by atoms with Gasteiger partial charge in [-0.3, -0.25) is 0 Å². The van der Waals surface area contributed by atoms with E-state index in [1.807, 2.05) is 18.2 Å². The van der Waals surface area contributed by atoms with E-state index in [1.165, 1.54) is 6.20 Å². The van der Waals surface area contributed by atoms with E-state index >= 15 is 0 Å². The number of hydrogen-bond donors (Lipinski definition) is 4. The van der Waals surface area contributed by atoms with Crippen molar-refractivity contribution in [1.82, 2.24) is 19.9 Å². The molecule has 6 N–H and O–H groups in total. The highest BCUT2D eigenvalue weighted by Crippen LogP contribution is 2.43. The van der Waals surface area contributed by atoms with Crippen LogP contribution in [-0.4, -0.2) is 32.2 Å². The molecule has 0 radical (unpaired) electrons. The quantitative estimate of drug-likeness (QED) is 0.365. The molecule has 1 aliphatic rings. The topological polar surface area (TPSA) is 119 Å². The predicted molar refractivity (Wildman–Crippen MR) is 118 cm³/mol. The van der Waals surface area contributed by atoms with Crippen molar-refractivity contribution in [2.45, 2.75) is 25.1 Å². The molecule has 0 unspecified atom stereocenters. The third-order valence-electron chi connectivity index (χ3n) is 5.72. The lowest BCUT2D eigenvalue weighted by atomic mass is 10.0. The number of nitrogens with two attached hydrogens (primary N) is 2. The van der Waals surface area contributed by atoms with Gasteiger partial charge in [-0.2, -0.15) is 13.2 Å². The smallest absolute Gasteiger partial charge is 0.399 e. The number of rotatable bonds is 5. The first-order valence-electron chi connectivity index (χ1n) is 10.0. The summed E-state index contributed by atoms with van der Waals surface area (Å²) in [6, 6.07) is 3.90. The minimum Gasteiger partial charge on any atom is -0.399 e. The number of pyridine rings is 1. The van der Waals surface area contributed by atoms with E-state index < -0.39 is 18.1 Å². The number of halogens is 3. The molecule has 1 saturated carbocycles. The fraction of sp³-hybridized carbons (Fsp3) is 0.227. The summed E-state index contributed by atoms with van der Waals surface area (Å²) in [6.07, 6.45) is 1.36. The highest BCUT2D eigenvalue weighted by atomic mass is 19.4. The zero-order chi connectivity index (χ0) is 22.6. The van der Waals surface area contributed by atoms with Gasteiger partial charge in [-0.1, -0.05) is 18.7 Å². The molecule has 0 amide bonds. The lowest BCUT2D eigenvalue weighted by Crippen LogP contribution is -2.38. The van der Waals surface area contributed by atoms with Crippen molar-refractivity contribution in [3.8, 4) is 11.1 Å². The number of fused-ring (bicyclic) bond motifs is 3. The van der Waals surface area contributed by atoms with E-state index in [1.54, 1.807) is 12.4 Å². The molecule has 1 aromatic carbocycles. The summed E-state index contributed by atoms with van der Waals surface area (Å²) in [5.74, 6) is -0.115. The van der Waals surface area contributed by atoms with Crippen LogP contribution in [0.3, 0.4) is 0 Å². The van der Waals surface area contributed by atoms with Gasteiger partial charge in [0.05, 0.1) is 10.9 Å². The summed E-state index contributed by atoms with van der Waals surface area (Å²) in [5, 5.41) is 3.92. The summed E-state index contributed by atoms with van der Waals surface area (Å²) in [7, 11) is 0. The summed E-state index contributed by atoms with van der Waals surface area (Å²) in [5.41, 5.74) is 15.2. The van der Waals surface area contributed by atoms with Gasteiger partial charge in [0.1, 0.15) is 11.9 Å². The maximum absolute atomic E-state index is 13.7. The van der Waals surface area contributed by atoms with Gasteiger partial charge >= 0.3 is 6.18 Å². The minimum absolute atomic E-state index is 0.161. The summed E-state index contributed by atoms with van der Waals surface area (Å²) < 4.78 is 41.0. The second-order valence-corrected chi connectivity index (χ2v) is 8.01. The zero-order valence-corrected chi connectivity index (χ0v) is 16.9. The molecule has 3 aromatic heterocycles. The Morgan fingerprint density at radius 1 is 1.12 bits per heavy atom. The van der Waals surface area contributed by atoms with E-state index in [2.05, 4.69) is 31.8 Å². The molecule has 10 heteroatoms. The molecular weight excluding hydrogens is 419 g/mol. The predicted octanol–water partition coefficient (Wildman–Crippen LogP) is 4.44. The number of anilines is 2. The molecule has 0 spiro atoms. The molecule has 1 atom stereocenters. The van der Waals surface area contributed by atoms with Crippen molar-refractivity contribution in [3.05, 3.63) is 48.9 Å². The molecule has 1 aliphatic carbocycles. The van der Waals surface area contributed by atoms with E-state index in [9.17, 15) is 13.2 Å². The van der Waals surface area contributed by atoms with Crippen molar-refractivity contribution in [1.29, 1.82) is 0 Å². The van der Waals surface area contributed by atoms with Crippen molar-refractivity contribution in [2.75, 3.05) is 11.1 Å². The molecule has 4 aromatic rings. The Hall–Kier alpha value is -3.82. The van der Waals surface area contributed by atoms with Crippen molar-refractivity contribution in [3.63, 3.8) is 0 Å². The number of nitrogen functional groups attached to an aromatic ring is 1. The van der Waals surface area contributed by atoms with Crippen LogP contribution in [-0.2, 0) is 0 Å². The van der Waals surface area contributed by atoms with Crippen LogP contribution in [0.4, 0.5) is 24.9 Å². The first-order valence-corrected chi connectivity index (χ1v) is 10.0. The lowest BCUT2D eigenvalue weighted by molar-refractivity contribution is -0.146. The van der Waals surface area contributed by atoms with E-state index in [0.29, 0.717) is 34.8 Å². The largest absolute Gasteiger partial charge is 0.408 e. The number of nitrogens with one attached hydrogen (secondary N) is 2. The highest BCUT2D eigenvalue weighted by Gasteiger charge is 2.49. The van der Waals surface area contributed by atoms with Gasteiger partial charge in [0.15, 0.2) is 0 Å². The minimum atomic E-state index is -4.38. The van der Waals surface area contributed by atoms with Gasteiger partial charge < -0.3 is 21.8 Å².